The zero-order chi connectivity index (χ0) is 14.6. The Balaban J connectivity index is 2.99. The van der Waals surface area contributed by atoms with Gasteiger partial charge in [0.1, 0.15) is 6.54 Å². The van der Waals surface area contributed by atoms with Crippen molar-refractivity contribution in [1.82, 2.24) is 4.31 Å². The second-order valence-electron chi connectivity index (χ2n) is 4.15. The summed E-state index contributed by atoms with van der Waals surface area (Å²) in [7, 11) is -2.42. The van der Waals surface area contributed by atoms with Gasteiger partial charge in [0.05, 0.1) is 11.5 Å². The summed E-state index contributed by atoms with van der Waals surface area (Å²) < 4.78 is 30.1. The summed E-state index contributed by atoms with van der Waals surface area (Å²) in [5.41, 5.74) is 6.73. The van der Waals surface area contributed by atoms with Crippen LogP contribution in [0.15, 0.2) is 23.1 Å². The Morgan fingerprint density at radius 1 is 1.37 bits per heavy atom. The molecule has 0 unspecified atom stereocenters. The average Bonchev–Trinajstić information content (AvgIpc) is 2.27. The Morgan fingerprint density at radius 3 is 2.53 bits per heavy atom. The van der Waals surface area contributed by atoms with E-state index >= 15 is 0 Å². The van der Waals surface area contributed by atoms with E-state index < -0.39 is 16.0 Å². The van der Waals surface area contributed by atoms with Crippen molar-refractivity contribution in [3.8, 4) is 0 Å². The van der Waals surface area contributed by atoms with Crippen LogP contribution in [0.25, 0.3) is 0 Å². The fourth-order valence-corrected chi connectivity index (χ4v) is 2.83. The van der Waals surface area contributed by atoms with Crippen LogP contribution in [0.5, 0.6) is 0 Å². The highest BCUT2D eigenvalue weighted by Crippen LogP contribution is 2.19. The summed E-state index contributed by atoms with van der Waals surface area (Å²) in [4.78, 5) is 11.4. The zero-order valence-corrected chi connectivity index (χ0v) is 12.0. The number of esters is 1. The first-order valence-corrected chi connectivity index (χ1v) is 7.20. The number of hydrogen-bond donors (Lipinski definition) is 1. The third kappa shape index (κ3) is 3.93. The van der Waals surface area contributed by atoms with Gasteiger partial charge in [0.15, 0.2) is 0 Å². The molecule has 7 heteroatoms. The van der Waals surface area contributed by atoms with Crippen molar-refractivity contribution in [2.24, 2.45) is 0 Å². The minimum absolute atomic E-state index is 0.0665. The molecular weight excluding hydrogens is 268 g/mol. The second-order valence-corrected chi connectivity index (χ2v) is 6.19. The Labute approximate surface area is 113 Å². The predicted molar refractivity (Wildman–Crippen MR) is 72.0 cm³/mol. The van der Waals surface area contributed by atoms with Gasteiger partial charge in [-0.1, -0.05) is 0 Å². The molecule has 0 heterocycles. The molecule has 106 valence electrons. The van der Waals surface area contributed by atoms with E-state index in [0.29, 0.717) is 5.69 Å². The van der Waals surface area contributed by atoms with Gasteiger partial charge in [-0.3, -0.25) is 4.79 Å². The van der Waals surface area contributed by atoms with Gasteiger partial charge in [-0.15, -0.1) is 0 Å². The first-order valence-electron chi connectivity index (χ1n) is 5.76. The molecule has 0 aromatic heterocycles. The van der Waals surface area contributed by atoms with Crippen molar-refractivity contribution < 1.29 is 17.9 Å². The van der Waals surface area contributed by atoms with Crippen molar-refractivity contribution in [2.75, 3.05) is 25.9 Å². The molecular formula is C12H18N2O4S. The molecule has 0 aliphatic heterocycles. The van der Waals surface area contributed by atoms with Crippen LogP contribution in [0, 0.1) is 6.92 Å². The second kappa shape index (κ2) is 6.03. The molecule has 0 aliphatic rings. The van der Waals surface area contributed by atoms with Crippen molar-refractivity contribution in [3.63, 3.8) is 0 Å². The summed E-state index contributed by atoms with van der Waals surface area (Å²) >= 11 is 0. The van der Waals surface area contributed by atoms with Crippen LogP contribution >= 0.6 is 0 Å². The maximum atomic E-state index is 12.2. The first kappa shape index (κ1) is 15.5. The van der Waals surface area contributed by atoms with Gasteiger partial charge in [0, 0.05) is 12.7 Å². The van der Waals surface area contributed by atoms with E-state index in [0.717, 1.165) is 9.87 Å². The molecule has 0 bridgehead atoms. The highest BCUT2D eigenvalue weighted by molar-refractivity contribution is 7.89. The summed E-state index contributed by atoms with van der Waals surface area (Å²) in [6, 6.07) is 4.54. The minimum atomic E-state index is -3.74. The molecule has 1 aromatic carbocycles. The van der Waals surface area contributed by atoms with Gasteiger partial charge in [-0.25, -0.2) is 8.42 Å². The maximum absolute atomic E-state index is 12.2. The van der Waals surface area contributed by atoms with Gasteiger partial charge >= 0.3 is 5.97 Å². The predicted octanol–water partition coefficient (Wildman–Crippen LogP) is 0.761. The van der Waals surface area contributed by atoms with E-state index in [-0.39, 0.29) is 18.0 Å². The lowest BCUT2D eigenvalue weighted by Crippen LogP contribution is -2.33. The smallest absolute Gasteiger partial charge is 0.321 e. The van der Waals surface area contributed by atoms with E-state index in [4.69, 9.17) is 10.5 Å². The third-order valence-electron chi connectivity index (χ3n) is 2.44. The van der Waals surface area contributed by atoms with Gasteiger partial charge < -0.3 is 10.5 Å². The summed E-state index contributed by atoms with van der Waals surface area (Å²) in [6.45, 7) is 3.29. The topological polar surface area (TPSA) is 89.7 Å². The molecule has 19 heavy (non-hydrogen) atoms. The number of rotatable bonds is 5. The number of likely N-dealkylation sites (N-methyl/N-ethyl adjacent to an activating group) is 1. The van der Waals surface area contributed by atoms with Crippen LogP contribution in [0.4, 0.5) is 5.69 Å². The Morgan fingerprint density at radius 2 is 2.00 bits per heavy atom. The number of nitrogens with two attached hydrogens (primary N) is 1. The van der Waals surface area contributed by atoms with Crippen LogP contribution in [-0.2, 0) is 19.6 Å². The molecule has 6 nitrogen and oxygen atoms in total. The van der Waals surface area contributed by atoms with E-state index in [1.807, 2.05) is 0 Å². The van der Waals surface area contributed by atoms with Gasteiger partial charge in [-0.05, 0) is 37.6 Å². The average molecular weight is 286 g/mol. The van der Waals surface area contributed by atoms with E-state index in [2.05, 4.69) is 0 Å². The fraction of sp³-hybridized carbons (Fsp3) is 0.417. The highest BCUT2D eigenvalue weighted by Gasteiger charge is 2.23. The van der Waals surface area contributed by atoms with Gasteiger partial charge in [0.2, 0.25) is 10.0 Å². The Hall–Kier alpha value is -1.60. The Kier molecular flexibility index (Phi) is 4.90. The number of nitrogens with zero attached hydrogens (tertiary/aromatic N) is 1. The monoisotopic (exact) mass is 286 g/mol. The summed E-state index contributed by atoms with van der Waals surface area (Å²) in [6.07, 6.45) is 0. The highest BCUT2D eigenvalue weighted by atomic mass is 32.2. The van der Waals surface area contributed by atoms with E-state index in [1.54, 1.807) is 19.9 Å². The number of hydrogen-bond acceptors (Lipinski definition) is 5. The summed E-state index contributed by atoms with van der Waals surface area (Å²) in [5, 5.41) is 0. The zero-order valence-electron chi connectivity index (χ0n) is 11.2. The van der Waals surface area contributed by atoms with Crippen molar-refractivity contribution in [3.05, 3.63) is 23.8 Å². The lowest BCUT2D eigenvalue weighted by atomic mass is 10.2. The molecule has 0 saturated heterocycles. The number of carbonyl (C=O) groups excluding carboxylic acids is 1. The van der Waals surface area contributed by atoms with Crippen molar-refractivity contribution in [1.29, 1.82) is 0 Å². The third-order valence-corrected chi connectivity index (χ3v) is 4.22. The molecule has 0 amide bonds. The van der Waals surface area contributed by atoms with Crippen molar-refractivity contribution >= 4 is 21.7 Å². The standard InChI is InChI=1S/C12H18N2O4S/c1-4-18-12(15)8-14(3)19(16,17)11-6-9(2)5-10(13)7-11/h5-7H,4,8,13H2,1-3H3. The van der Waals surface area contributed by atoms with Crippen LogP contribution in [0.2, 0.25) is 0 Å². The quantitative estimate of drug-likeness (QED) is 0.637. The number of benzene rings is 1. The van der Waals surface area contributed by atoms with Crippen LogP contribution in [0.3, 0.4) is 0 Å². The Bertz CT molecular complexity index is 549. The van der Waals surface area contributed by atoms with Gasteiger partial charge in [-0.2, -0.15) is 4.31 Å². The number of nitrogen functional groups attached to an aromatic ring is 1. The first-order chi connectivity index (χ1) is 8.77. The molecule has 0 fully saturated rings. The number of anilines is 1. The largest absolute Gasteiger partial charge is 0.465 e. The number of sulfonamides is 1. The molecule has 0 atom stereocenters. The lowest BCUT2D eigenvalue weighted by Gasteiger charge is -2.16. The summed E-state index contributed by atoms with van der Waals surface area (Å²) in [5.74, 6) is -0.589. The number of carbonyl (C=O) groups is 1. The van der Waals surface area contributed by atoms with Crippen LogP contribution in [0.1, 0.15) is 12.5 Å². The molecule has 0 aliphatic carbocycles. The number of aryl methyl sites for hydroxylation is 1. The lowest BCUT2D eigenvalue weighted by molar-refractivity contribution is -0.143. The fourth-order valence-electron chi connectivity index (χ4n) is 1.58. The van der Waals surface area contributed by atoms with Crippen LogP contribution in [-0.4, -0.2) is 38.9 Å². The molecule has 2 N–H and O–H groups in total. The maximum Gasteiger partial charge on any atom is 0.321 e. The van der Waals surface area contributed by atoms with Crippen molar-refractivity contribution in [2.45, 2.75) is 18.7 Å². The normalized spacial score (nSPS) is 11.6. The molecule has 0 spiro atoms. The SMILES string of the molecule is CCOC(=O)CN(C)S(=O)(=O)c1cc(C)cc(N)c1. The minimum Gasteiger partial charge on any atom is -0.465 e. The number of ether oxygens (including phenoxy) is 1. The van der Waals surface area contributed by atoms with E-state index in [9.17, 15) is 13.2 Å². The van der Waals surface area contributed by atoms with Gasteiger partial charge in [0.25, 0.3) is 0 Å². The van der Waals surface area contributed by atoms with E-state index in [1.165, 1.54) is 19.2 Å². The molecule has 0 saturated carbocycles. The molecule has 1 aromatic rings. The molecule has 1 rings (SSSR count). The van der Waals surface area contributed by atoms with Crippen LogP contribution < -0.4 is 5.73 Å². The molecule has 0 radical (unpaired) electrons.